The van der Waals surface area contributed by atoms with Crippen LogP contribution in [-0.2, 0) is 9.53 Å². The van der Waals surface area contributed by atoms with E-state index >= 15 is 0 Å². The van der Waals surface area contributed by atoms with Crippen molar-refractivity contribution in [2.75, 3.05) is 37.6 Å². The van der Waals surface area contributed by atoms with E-state index in [1.54, 1.807) is 6.07 Å². The number of hydrogen-bond acceptors (Lipinski definition) is 4. The molecule has 2 aliphatic heterocycles. The maximum Gasteiger partial charge on any atom is 0.311 e. The van der Waals surface area contributed by atoms with Crippen LogP contribution in [0.15, 0.2) is 47.6 Å². The van der Waals surface area contributed by atoms with Crippen molar-refractivity contribution < 1.29 is 13.9 Å². The van der Waals surface area contributed by atoms with Crippen LogP contribution >= 0.6 is 0 Å². The number of para-hydroxylation sites is 1. The Morgan fingerprint density at radius 1 is 1.20 bits per heavy atom. The Kier molecular flexibility index (Phi) is 4.97. The monoisotopic (exact) mass is 410 g/mol. The van der Waals surface area contributed by atoms with Crippen molar-refractivity contribution in [3.05, 3.63) is 53.4 Å². The van der Waals surface area contributed by atoms with Crippen LogP contribution in [0.25, 0.3) is 0 Å². The highest BCUT2D eigenvalue weighted by molar-refractivity contribution is 5.76. The molecule has 4 atom stereocenters. The Morgan fingerprint density at radius 2 is 1.97 bits per heavy atom. The van der Waals surface area contributed by atoms with E-state index in [0.29, 0.717) is 5.69 Å². The molecule has 5 rings (SSSR count). The van der Waals surface area contributed by atoms with E-state index in [-0.39, 0.29) is 35.1 Å². The second kappa shape index (κ2) is 7.52. The summed E-state index contributed by atoms with van der Waals surface area (Å²) in [6, 6.07) is 6.97. The summed E-state index contributed by atoms with van der Waals surface area (Å²) < 4.78 is 20.0. The number of piperazine rings is 1. The van der Waals surface area contributed by atoms with Crippen LogP contribution in [0.4, 0.5) is 10.1 Å². The first-order valence-electron chi connectivity index (χ1n) is 11.3. The van der Waals surface area contributed by atoms with Crippen molar-refractivity contribution in [1.82, 2.24) is 4.90 Å². The van der Waals surface area contributed by atoms with Crippen molar-refractivity contribution in [1.29, 1.82) is 0 Å². The molecule has 1 aromatic carbocycles. The third kappa shape index (κ3) is 3.37. The topological polar surface area (TPSA) is 32.8 Å². The molecule has 2 saturated heterocycles. The highest BCUT2D eigenvalue weighted by atomic mass is 19.1. The Bertz CT molecular complexity index is 902. The molecule has 1 aromatic rings. The lowest BCUT2D eigenvalue weighted by Gasteiger charge is -2.43. The summed E-state index contributed by atoms with van der Waals surface area (Å²) in [5, 5.41) is 0. The normalized spacial score (nSPS) is 34.0. The first-order valence-corrected chi connectivity index (χ1v) is 11.3. The average Bonchev–Trinajstić information content (AvgIpc) is 3.01. The Hall–Kier alpha value is -2.14. The van der Waals surface area contributed by atoms with Gasteiger partial charge in [-0.15, -0.1) is 0 Å². The third-order valence-corrected chi connectivity index (χ3v) is 7.72. The highest BCUT2D eigenvalue weighted by Gasteiger charge is 2.51. The fourth-order valence-electron chi connectivity index (χ4n) is 6.00. The molecule has 2 heterocycles. The number of nitrogens with zero attached hydrogens (tertiary/aromatic N) is 2. The molecule has 160 valence electrons. The van der Waals surface area contributed by atoms with Gasteiger partial charge in [-0.1, -0.05) is 36.8 Å². The zero-order valence-electron chi connectivity index (χ0n) is 17.9. The minimum absolute atomic E-state index is 0.0156. The fourth-order valence-corrected chi connectivity index (χ4v) is 6.00. The minimum Gasteiger partial charge on any atom is -0.461 e. The number of ether oxygens (including phenoxy) is 1. The average molecular weight is 411 g/mol. The number of rotatable bonds is 3. The van der Waals surface area contributed by atoms with Crippen molar-refractivity contribution in [2.45, 2.75) is 39.2 Å². The van der Waals surface area contributed by atoms with Gasteiger partial charge in [-0.25, -0.2) is 4.39 Å². The number of hydrogen-bond donors (Lipinski definition) is 0. The van der Waals surface area contributed by atoms with Gasteiger partial charge in [-0.2, -0.15) is 0 Å². The lowest BCUT2D eigenvalue weighted by molar-refractivity contribution is -0.145. The van der Waals surface area contributed by atoms with Crippen LogP contribution in [0.3, 0.4) is 0 Å². The Morgan fingerprint density at radius 3 is 2.73 bits per heavy atom. The van der Waals surface area contributed by atoms with Gasteiger partial charge in [0.15, 0.2) is 0 Å². The minimum atomic E-state index is -0.166. The van der Waals surface area contributed by atoms with Gasteiger partial charge in [-0.3, -0.25) is 9.69 Å². The van der Waals surface area contributed by atoms with Crippen molar-refractivity contribution in [2.24, 2.45) is 17.3 Å². The number of carbonyl (C=O) groups is 1. The molecule has 0 spiro atoms. The lowest BCUT2D eigenvalue weighted by atomic mass is 9.62. The summed E-state index contributed by atoms with van der Waals surface area (Å²) in [5.41, 5.74) is 3.62. The molecule has 30 heavy (non-hydrogen) atoms. The fraction of sp³-hybridized carbons (Fsp3) is 0.560. The molecule has 2 aliphatic carbocycles. The van der Waals surface area contributed by atoms with Gasteiger partial charge in [0.2, 0.25) is 0 Å². The SMILES string of the molecule is CC1=CCC[C@@]2(C)C[C@H]3OC(=O)[C@@H](CN4CCN(c5ccccc5F)CC4)[C@@H]3C=C12. The van der Waals surface area contributed by atoms with E-state index in [1.165, 1.54) is 17.2 Å². The summed E-state index contributed by atoms with van der Waals surface area (Å²) in [7, 11) is 0. The summed E-state index contributed by atoms with van der Waals surface area (Å²) in [5.74, 6) is -0.128. The number of carbonyl (C=O) groups excluding carboxylic acids is 1. The zero-order valence-corrected chi connectivity index (χ0v) is 17.9. The van der Waals surface area contributed by atoms with Gasteiger partial charge in [0.1, 0.15) is 11.9 Å². The van der Waals surface area contributed by atoms with E-state index < -0.39 is 0 Å². The van der Waals surface area contributed by atoms with Gasteiger partial charge in [-0.05, 0) is 49.3 Å². The first-order chi connectivity index (χ1) is 14.4. The molecule has 0 N–H and O–H groups in total. The molecule has 4 nitrogen and oxygen atoms in total. The molecular weight excluding hydrogens is 379 g/mol. The molecular formula is C25H31FN2O2. The smallest absolute Gasteiger partial charge is 0.311 e. The molecule has 0 radical (unpaired) electrons. The molecule has 0 saturated carbocycles. The van der Waals surface area contributed by atoms with Gasteiger partial charge in [0, 0.05) is 38.6 Å². The highest BCUT2D eigenvalue weighted by Crippen LogP contribution is 2.52. The maximum absolute atomic E-state index is 14.1. The summed E-state index contributed by atoms with van der Waals surface area (Å²) in [6.45, 7) is 8.49. The van der Waals surface area contributed by atoms with Crippen LogP contribution in [0.1, 0.15) is 33.1 Å². The van der Waals surface area contributed by atoms with Crippen molar-refractivity contribution in [3.8, 4) is 0 Å². The number of anilines is 1. The predicted molar refractivity (Wildman–Crippen MR) is 116 cm³/mol. The molecule has 0 amide bonds. The lowest BCUT2D eigenvalue weighted by Crippen LogP contribution is -2.49. The van der Waals surface area contributed by atoms with E-state index in [2.05, 4.69) is 35.8 Å². The zero-order chi connectivity index (χ0) is 20.9. The van der Waals surface area contributed by atoms with Gasteiger partial charge in [0.05, 0.1) is 11.6 Å². The molecule has 2 fully saturated rings. The number of fused-ring (bicyclic) bond motifs is 2. The second-order valence-electron chi connectivity index (χ2n) is 9.67. The van der Waals surface area contributed by atoms with Gasteiger partial charge >= 0.3 is 5.97 Å². The van der Waals surface area contributed by atoms with Crippen LogP contribution in [0, 0.1) is 23.1 Å². The number of benzene rings is 1. The first kappa shape index (κ1) is 19.8. The largest absolute Gasteiger partial charge is 0.461 e. The standard InChI is InChI=1S/C25H31FN2O2/c1-17-6-5-9-25(2)15-23-18(14-20(17)25)19(24(29)30-23)16-27-10-12-28(13-11-27)22-8-4-3-7-21(22)26/h3-4,6-8,14,18-19,23H,5,9-13,15-16H2,1-2H3/t18-,19-,23+,25-/m0/s1. The predicted octanol–water partition coefficient (Wildman–Crippen LogP) is 4.18. The maximum atomic E-state index is 14.1. The van der Waals surface area contributed by atoms with Gasteiger partial charge in [0.25, 0.3) is 0 Å². The van der Waals surface area contributed by atoms with Crippen molar-refractivity contribution >= 4 is 11.7 Å². The quantitative estimate of drug-likeness (QED) is 0.700. The Labute approximate surface area is 178 Å². The summed E-state index contributed by atoms with van der Waals surface area (Å²) in [6.07, 6.45) is 7.91. The molecule has 4 aliphatic rings. The van der Waals surface area contributed by atoms with E-state index in [9.17, 15) is 9.18 Å². The van der Waals surface area contributed by atoms with Crippen molar-refractivity contribution in [3.63, 3.8) is 0 Å². The summed E-state index contributed by atoms with van der Waals surface area (Å²) in [4.78, 5) is 17.2. The number of halogens is 1. The molecule has 0 aromatic heterocycles. The number of allylic oxidation sites excluding steroid dienone is 3. The van der Waals surface area contributed by atoms with Crippen LogP contribution < -0.4 is 4.90 Å². The summed E-state index contributed by atoms with van der Waals surface area (Å²) >= 11 is 0. The number of esters is 1. The van der Waals surface area contributed by atoms with Crippen LogP contribution in [0.2, 0.25) is 0 Å². The van der Waals surface area contributed by atoms with E-state index in [1.807, 2.05) is 12.1 Å². The molecule has 0 unspecified atom stereocenters. The Balaban J connectivity index is 1.28. The molecule has 0 bridgehead atoms. The second-order valence-corrected chi connectivity index (χ2v) is 9.67. The third-order valence-electron chi connectivity index (χ3n) is 7.72. The van der Waals surface area contributed by atoms with Crippen LogP contribution in [0.5, 0.6) is 0 Å². The molecule has 5 heteroatoms. The van der Waals surface area contributed by atoms with E-state index in [0.717, 1.165) is 52.0 Å². The van der Waals surface area contributed by atoms with E-state index in [4.69, 9.17) is 4.74 Å². The van der Waals surface area contributed by atoms with Gasteiger partial charge < -0.3 is 9.64 Å². The van der Waals surface area contributed by atoms with Crippen LogP contribution in [-0.4, -0.2) is 49.7 Å².